The van der Waals surface area contributed by atoms with E-state index in [1.165, 1.54) is 27.8 Å². The van der Waals surface area contributed by atoms with Crippen LogP contribution in [0.1, 0.15) is 47.1 Å². The summed E-state index contributed by atoms with van der Waals surface area (Å²) in [4.78, 5) is 20.4. The lowest BCUT2D eigenvalue weighted by atomic mass is 10.2. The van der Waals surface area contributed by atoms with Crippen molar-refractivity contribution in [3.8, 4) is 0 Å². The van der Waals surface area contributed by atoms with Gasteiger partial charge in [0.05, 0.1) is 27.4 Å². The number of rotatable bonds is 10. The molecular weight excluding hydrogens is 542 g/mol. The molecular formula is C27H32ClN5O3S2. The molecule has 0 unspecified atom stereocenters. The molecule has 2 aromatic carbocycles. The molecule has 8 nitrogen and oxygen atoms in total. The largest absolute Gasteiger partial charge is 0.282 e. The second-order valence-electron chi connectivity index (χ2n) is 9.33. The minimum atomic E-state index is -3.63. The number of unbranched alkanes of at least 4 members (excludes halogenated alkanes) is 1. The fraction of sp³-hybridized carbons (Fsp3) is 0.370. The van der Waals surface area contributed by atoms with E-state index in [0.717, 1.165) is 40.0 Å². The average Bonchev–Trinajstić information content (AvgIpc) is 3.47. The lowest BCUT2D eigenvalue weighted by Gasteiger charge is -2.21. The molecule has 0 N–H and O–H groups in total. The summed E-state index contributed by atoms with van der Waals surface area (Å²) < 4.78 is 30.0. The zero-order valence-corrected chi connectivity index (χ0v) is 24.6. The Morgan fingerprint density at radius 2 is 1.79 bits per heavy atom. The number of hydrogen-bond acceptors (Lipinski definition) is 6. The molecule has 0 bridgehead atoms. The van der Waals surface area contributed by atoms with Gasteiger partial charge in [0.2, 0.25) is 10.0 Å². The molecule has 0 radical (unpaired) electrons. The first-order chi connectivity index (χ1) is 18.0. The van der Waals surface area contributed by atoms with Crippen LogP contribution in [0.25, 0.3) is 10.2 Å². The molecule has 4 aromatic rings. The topological polar surface area (TPSA) is 88.4 Å². The first-order valence-electron chi connectivity index (χ1n) is 12.5. The van der Waals surface area contributed by atoms with Gasteiger partial charge >= 0.3 is 0 Å². The number of hydrogen-bond donors (Lipinski definition) is 0. The maximum atomic E-state index is 13.8. The second-order valence-corrected chi connectivity index (χ2v) is 12.8. The van der Waals surface area contributed by atoms with Crippen LogP contribution in [-0.2, 0) is 16.6 Å². The van der Waals surface area contributed by atoms with Gasteiger partial charge in [-0.3, -0.25) is 14.4 Å². The van der Waals surface area contributed by atoms with Crippen LogP contribution in [0.2, 0.25) is 5.02 Å². The van der Waals surface area contributed by atoms with Crippen molar-refractivity contribution in [1.82, 2.24) is 19.1 Å². The molecule has 0 saturated heterocycles. The highest BCUT2D eigenvalue weighted by atomic mass is 35.5. The van der Waals surface area contributed by atoms with Gasteiger partial charge in [-0.05, 0) is 75.2 Å². The number of anilines is 1. The Morgan fingerprint density at radius 1 is 1.08 bits per heavy atom. The summed E-state index contributed by atoms with van der Waals surface area (Å²) in [5.74, 6) is -0.266. The monoisotopic (exact) mass is 573 g/mol. The Kier molecular flexibility index (Phi) is 8.56. The van der Waals surface area contributed by atoms with E-state index >= 15 is 0 Å². The van der Waals surface area contributed by atoms with Crippen LogP contribution in [0, 0.1) is 20.8 Å². The average molecular weight is 574 g/mol. The van der Waals surface area contributed by atoms with Gasteiger partial charge in [-0.15, -0.1) is 0 Å². The number of carbonyl (C=O) groups excluding carboxylic acids is 1. The van der Waals surface area contributed by atoms with Crippen LogP contribution in [0.5, 0.6) is 0 Å². The molecule has 11 heteroatoms. The Labute approximate surface area is 232 Å². The Morgan fingerprint density at radius 3 is 2.42 bits per heavy atom. The summed E-state index contributed by atoms with van der Waals surface area (Å²) in [5.41, 5.74) is 3.91. The number of benzene rings is 2. The number of thiazole rings is 1. The van der Waals surface area contributed by atoms with Gasteiger partial charge in [-0.25, -0.2) is 17.7 Å². The highest BCUT2D eigenvalue weighted by molar-refractivity contribution is 7.89. The summed E-state index contributed by atoms with van der Waals surface area (Å²) in [6.45, 7) is 9.10. The van der Waals surface area contributed by atoms with E-state index in [2.05, 4.69) is 5.10 Å². The molecule has 2 aromatic heterocycles. The van der Waals surface area contributed by atoms with Crippen molar-refractivity contribution in [2.45, 2.75) is 52.0 Å². The Hall–Kier alpha value is -2.79. The normalized spacial score (nSPS) is 12.0. The number of aryl methyl sites for hydroxylation is 3. The van der Waals surface area contributed by atoms with Crippen LogP contribution in [-0.4, -0.2) is 53.5 Å². The van der Waals surface area contributed by atoms with Crippen LogP contribution >= 0.6 is 22.9 Å². The summed E-state index contributed by atoms with van der Waals surface area (Å²) >= 11 is 7.74. The van der Waals surface area contributed by atoms with Gasteiger partial charge in [0.25, 0.3) is 5.91 Å². The molecule has 2 heterocycles. The molecule has 0 aliphatic rings. The van der Waals surface area contributed by atoms with Crippen molar-refractivity contribution in [3.63, 3.8) is 0 Å². The van der Waals surface area contributed by atoms with Crippen molar-refractivity contribution in [3.05, 3.63) is 70.0 Å². The van der Waals surface area contributed by atoms with Crippen molar-refractivity contribution >= 4 is 54.2 Å². The molecule has 4 rings (SSSR count). The quantitative estimate of drug-likeness (QED) is 0.238. The minimum absolute atomic E-state index is 0.159. The predicted molar refractivity (Wildman–Crippen MR) is 154 cm³/mol. The van der Waals surface area contributed by atoms with Crippen molar-refractivity contribution in [1.29, 1.82) is 0 Å². The van der Waals surface area contributed by atoms with Crippen LogP contribution in [0.4, 0.5) is 5.13 Å². The number of amides is 1. The smallest absolute Gasteiger partial charge is 0.260 e. The van der Waals surface area contributed by atoms with E-state index in [9.17, 15) is 13.2 Å². The Balaban J connectivity index is 1.66. The Bertz CT molecular complexity index is 1560. The molecule has 0 atom stereocenters. The van der Waals surface area contributed by atoms with Gasteiger partial charge in [-0.2, -0.15) is 5.10 Å². The SMILES string of the molecule is CCCCN(C)S(=O)(=O)c1ccc(C(=O)N(CCn2nc(C)cc2C)c2nc3c(C)c(Cl)ccc3s2)cc1. The van der Waals surface area contributed by atoms with E-state index in [0.29, 0.717) is 35.4 Å². The van der Waals surface area contributed by atoms with Gasteiger partial charge < -0.3 is 0 Å². The molecule has 0 spiro atoms. The summed E-state index contributed by atoms with van der Waals surface area (Å²) in [6.07, 6.45) is 1.68. The van der Waals surface area contributed by atoms with E-state index in [1.54, 1.807) is 24.1 Å². The third-order valence-corrected chi connectivity index (χ3v) is 9.81. The number of carbonyl (C=O) groups is 1. The van der Waals surface area contributed by atoms with Crippen molar-refractivity contribution in [2.24, 2.45) is 0 Å². The first-order valence-corrected chi connectivity index (χ1v) is 15.1. The summed E-state index contributed by atoms with van der Waals surface area (Å²) in [5, 5.41) is 5.70. The van der Waals surface area contributed by atoms with E-state index in [-0.39, 0.29) is 10.8 Å². The summed E-state index contributed by atoms with van der Waals surface area (Å²) in [7, 11) is -2.05. The maximum Gasteiger partial charge on any atom is 0.260 e. The zero-order chi connectivity index (χ0) is 27.6. The second kappa shape index (κ2) is 11.5. The third-order valence-electron chi connectivity index (χ3n) is 6.49. The van der Waals surface area contributed by atoms with Crippen molar-refractivity contribution in [2.75, 3.05) is 25.0 Å². The standard InChI is InChI=1S/C27H32ClN5O3S2/c1-6-7-14-31(5)38(35,36)22-10-8-21(9-11-22)26(34)32(15-16-33-19(3)17-18(2)30-33)27-29-25-20(4)23(28)12-13-24(25)37-27/h8-13,17H,6-7,14-16H2,1-5H3. The summed E-state index contributed by atoms with van der Waals surface area (Å²) in [6, 6.07) is 11.8. The number of nitrogens with zero attached hydrogens (tertiary/aromatic N) is 5. The number of halogens is 1. The van der Waals surface area contributed by atoms with Crippen LogP contribution in [0.15, 0.2) is 47.4 Å². The van der Waals surface area contributed by atoms with E-state index < -0.39 is 10.0 Å². The number of sulfonamides is 1. The molecule has 0 saturated carbocycles. The molecule has 0 fully saturated rings. The van der Waals surface area contributed by atoms with Gasteiger partial charge in [0.1, 0.15) is 0 Å². The maximum absolute atomic E-state index is 13.8. The fourth-order valence-electron chi connectivity index (χ4n) is 4.19. The van der Waals surface area contributed by atoms with Gasteiger partial charge in [0.15, 0.2) is 5.13 Å². The van der Waals surface area contributed by atoms with Gasteiger partial charge in [-0.1, -0.05) is 36.3 Å². The number of aromatic nitrogens is 3. The fourth-order valence-corrected chi connectivity index (χ4v) is 6.60. The van der Waals surface area contributed by atoms with E-state index in [1.807, 2.05) is 50.6 Å². The molecule has 1 amide bonds. The van der Waals surface area contributed by atoms with Crippen LogP contribution in [0.3, 0.4) is 0 Å². The predicted octanol–water partition coefficient (Wildman–Crippen LogP) is 5.84. The minimum Gasteiger partial charge on any atom is -0.282 e. The molecule has 202 valence electrons. The molecule has 38 heavy (non-hydrogen) atoms. The van der Waals surface area contributed by atoms with Gasteiger partial charge in [0, 0.05) is 36.4 Å². The van der Waals surface area contributed by atoms with Crippen molar-refractivity contribution < 1.29 is 13.2 Å². The van der Waals surface area contributed by atoms with Crippen LogP contribution < -0.4 is 4.90 Å². The number of fused-ring (bicyclic) bond motifs is 1. The highest BCUT2D eigenvalue weighted by Crippen LogP contribution is 2.34. The first kappa shape index (κ1) is 28.2. The lowest BCUT2D eigenvalue weighted by molar-refractivity contribution is 0.0985. The zero-order valence-electron chi connectivity index (χ0n) is 22.2. The third kappa shape index (κ3) is 5.78. The molecule has 0 aliphatic heterocycles. The highest BCUT2D eigenvalue weighted by Gasteiger charge is 2.25. The molecule has 0 aliphatic carbocycles. The van der Waals surface area contributed by atoms with E-state index in [4.69, 9.17) is 16.6 Å². The lowest BCUT2D eigenvalue weighted by Crippen LogP contribution is -2.34.